The van der Waals surface area contributed by atoms with Gasteiger partial charge in [-0.3, -0.25) is 0 Å². The van der Waals surface area contributed by atoms with Crippen molar-refractivity contribution in [3.8, 4) is 11.1 Å². The van der Waals surface area contributed by atoms with Gasteiger partial charge < -0.3 is 0 Å². The molecule has 0 spiro atoms. The summed E-state index contributed by atoms with van der Waals surface area (Å²) in [5.41, 5.74) is 9.30. The second-order valence-electron chi connectivity index (χ2n) is 7.60. The molecule has 0 atom stereocenters. The van der Waals surface area contributed by atoms with E-state index in [2.05, 4.69) is 116 Å². The maximum absolute atomic E-state index is 4.11. The van der Waals surface area contributed by atoms with Crippen LogP contribution in [0.15, 0.2) is 94.7 Å². The SMILES string of the molecule is C=C/C(=C\C=C1\C=C(I)C=CC1)c1cccc2c1C(C)(C)c1ccccc1-2. The standard InChI is InChI=1S/C26H23I/c1-4-19(16-15-18-9-7-10-20(27)17-18)21-12-8-13-23-22-11-5-6-14-24(22)26(2,3)25(21)23/h4-8,10-17H,1,9H2,2-3H3/b18-15+,19-16+. The highest BCUT2D eigenvalue weighted by Gasteiger charge is 2.37. The predicted octanol–water partition coefficient (Wildman–Crippen LogP) is 7.77. The normalized spacial score (nSPS) is 18.9. The van der Waals surface area contributed by atoms with Gasteiger partial charge in [0.05, 0.1) is 0 Å². The van der Waals surface area contributed by atoms with Crippen molar-refractivity contribution < 1.29 is 0 Å². The smallest absolute Gasteiger partial charge is 0.0165 e. The average molecular weight is 462 g/mol. The highest BCUT2D eigenvalue weighted by atomic mass is 127. The second-order valence-corrected chi connectivity index (χ2v) is 8.85. The van der Waals surface area contributed by atoms with Crippen LogP contribution in [0.2, 0.25) is 0 Å². The summed E-state index contributed by atoms with van der Waals surface area (Å²) in [7, 11) is 0. The van der Waals surface area contributed by atoms with Gasteiger partial charge in [-0.25, -0.2) is 0 Å². The third-order valence-corrected chi connectivity index (χ3v) is 6.21. The molecule has 0 unspecified atom stereocenters. The van der Waals surface area contributed by atoms with E-state index in [1.54, 1.807) is 0 Å². The minimum atomic E-state index is -0.0133. The molecule has 0 amide bonds. The summed E-state index contributed by atoms with van der Waals surface area (Å²) in [5, 5.41) is 0. The lowest BCUT2D eigenvalue weighted by Crippen LogP contribution is -2.17. The number of halogens is 1. The van der Waals surface area contributed by atoms with E-state index in [0.29, 0.717) is 0 Å². The Kier molecular flexibility index (Phi) is 4.81. The van der Waals surface area contributed by atoms with Crippen LogP contribution in [-0.2, 0) is 5.41 Å². The van der Waals surface area contributed by atoms with E-state index in [1.165, 1.54) is 42.5 Å². The van der Waals surface area contributed by atoms with Crippen molar-refractivity contribution in [3.05, 3.63) is 111 Å². The van der Waals surface area contributed by atoms with Gasteiger partial charge in [-0.2, -0.15) is 0 Å². The Bertz CT molecular complexity index is 1040. The van der Waals surface area contributed by atoms with Crippen LogP contribution in [0.25, 0.3) is 16.7 Å². The zero-order valence-electron chi connectivity index (χ0n) is 15.8. The predicted molar refractivity (Wildman–Crippen MR) is 126 cm³/mol. The fourth-order valence-corrected chi connectivity index (χ4v) is 4.92. The van der Waals surface area contributed by atoms with Crippen molar-refractivity contribution in [2.75, 3.05) is 0 Å². The van der Waals surface area contributed by atoms with Crippen LogP contribution in [0.5, 0.6) is 0 Å². The van der Waals surface area contributed by atoms with E-state index in [-0.39, 0.29) is 5.41 Å². The van der Waals surface area contributed by atoms with Crippen LogP contribution in [0, 0.1) is 0 Å². The van der Waals surface area contributed by atoms with Crippen LogP contribution in [0.4, 0.5) is 0 Å². The summed E-state index contributed by atoms with van der Waals surface area (Å²) in [6, 6.07) is 15.4. The van der Waals surface area contributed by atoms with Gasteiger partial charge in [0.1, 0.15) is 0 Å². The molecule has 0 saturated heterocycles. The minimum Gasteiger partial charge on any atom is -0.0984 e. The molecule has 1 heteroatoms. The molecule has 0 aliphatic heterocycles. The minimum absolute atomic E-state index is 0.0133. The fraction of sp³-hybridized carbons (Fsp3) is 0.154. The van der Waals surface area contributed by atoms with Gasteiger partial charge in [0.25, 0.3) is 0 Å². The third-order valence-electron chi connectivity index (χ3n) is 5.54. The van der Waals surface area contributed by atoms with Gasteiger partial charge >= 0.3 is 0 Å². The van der Waals surface area contributed by atoms with Crippen molar-refractivity contribution in [1.82, 2.24) is 0 Å². The van der Waals surface area contributed by atoms with Crippen LogP contribution in [-0.4, -0.2) is 0 Å². The second kappa shape index (κ2) is 7.12. The Morgan fingerprint density at radius 2 is 1.85 bits per heavy atom. The van der Waals surface area contributed by atoms with E-state index in [0.717, 1.165) is 6.42 Å². The van der Waals surface area contributed by atoms with Crippen LogP contribution in [0.3, 0.4) is 0 Å². The maximum Gasteiger partial charge on any atom is 0.0165 e. The number of rotatable bonds is 3. The molecule has 2 aromatic rings. The van der Waals surface area contributed by atoms with Crippen LogP contribution >= 0.6 is 22.6 Å². The number of benzene rings is 2. The van der Waals surface area contributed by atoms with E-state index >= 15 is 0 Å². The first-order valence-corrected chi connectivity index (χ1v) is 10.4. The molecule has 0 heterocycles. The molecule has 2 aromatic carbocycles. The van der Waals surface area contributed by atoms with Crippen molar-refractivity contribution >= 4 is 28.2 Å². The average Bonchev–Trinajstić information content (AvgIpc) is 2.91. The Hall–Kier alpha value is -2.13. The van der Waals surface area contributed by atoms with Gasteiger partial charge in [-0.15, -0.1) is 0 Å². The highest BCUT2D eigenvalue weighted by molar-refractivity contribution is 14.1. The monoisotopic (exact) mass is 462 g/mol. The molecular formula is C26H23I. The fourth-order valence-electron chi connectivity index (χ4n) is 4.26. The summed E-state index contributed by atoms with van der Waals surface area (Å²) < 4.78 is 1.27. The molecular weight excluding hydrogens is 439 g/mol. The molecule has 0 saturated carbocycles. The van der Waals surface area contributed by atoms with Crippen LogP contribution < -0.4 is 0 Å². The molecule has 2 aliphatic carbocycles. The molecule has 0 nitrogen and oxygen atoms in total. The summed E-state index contributed by atoms with van der Waals surface area (Å²) in [4.78, 5) is 0. The van der Waals surface area contributed by atoms with E-state index in [9.17, 15) is 0 Å². The van der Waals surface area contributed by atoms with Crippen molar-refractivity contribution in [2.45, 2.75) is 25.7 Å². The quantitative estimate of drug-likeness (QED) is 0.323. The highest BCUT2D eigenvalue weighted by Crippen LogP contribution is 2.51. The van der Waals surface area contributed by atoms with Crippen molar-refractivity contribution in [3.63, 3.8) is 0 Å². The lowest BCUT2D eigenvalue weighted by Gasteiger charge is -2.24. The maximum atomic E-state index is 4.11. The molecule has 0 bridgehead atoms. The molecule has 27 heavy (non-hydrogen) atoms. The molecule has 0 radical (unpaired) electrons. The first-order valence-electron chi connectivity index (χ1n) is 9.33. The lowest BCUT2D eigenvalue weighted by atomic mass is 9.78. The lowest BCUT2D eigenvalue weighted by molar-refractivity contribution is 0.658. The topological polar surface area (TPSA) is 0 Å². The van der Waals surface area contributed by atoms with Crippen molar-refractivity contribution in [1.29, 1.82) is 0 Å². The van der Waals surface area contributed by atoms with Gasteiger partial charge in [0.2, 0.25) is 0 Å². The van der Waals surface area contributed by atoms with Crippen molar-refractivity contribution in [2.24, 2.45) is 0 Å². The molecule has 0 aromatic heterocycles. The summed E-state index contributed by atoms with van der Waals surface area (Å²) in [6.07, 6.45) is 14.0. The first-order chi connectivity index (χ1) is 13.0. The summed E-state index contributed by atoms with van der Waals surface area (Å²) >= 11 is 2.37. The molecule has 134 valence electrons. The van der Waals surface area contributed by atoms with Gasteiger partial charge in [0, 0.05) is 8.99 Å². The molecule has 0 fully saturated rings. The number of allylic oxidation sites excluding steroid dienone is 9. The largest absolute Gasteiger partial charge is 0.0984 e. The Labute approximate surface area is 175 Å². The van der Waals surface area contributed by atoms with Gasteiger partial charge in [0.15, 0.2) is 0 Å². The number of hydrogen-bond donors (Lipinski definition) is 0. The molecule has 4 rings (SSSR count). The summed E-state index contributed by atoms with van der Waals surface area (Å²) in [6.45, 7) is 8.77. The Balaban J connectivity index is 1.84. The van der Waals surface area contributed by atoms with E-state index in [1.807, 2.05) is 6.08 Å². The zero-order valence-corrected chi connectivity index (χ0v) is 18.0. The molecule has 2 aliphatic rings. The van der Waals surface area contributed by atoms with E-state index in [4.69, 9.17) is 0 Å². The summed E-state index contributed by atoms with van der Waals surface area (Å²) in [5.74, 6) is 0. The third kappa shape index (κ3) is 3.19. The number of fused-ring (bicyclic) bond motifs is 3. The number of hydrogen-bond acceptors (Lipinski definition) is 0. The van der Waals surface area contributed by atoms with E-state index < -0.39 is 0 Å². The Morgan fingerprint density at radius 3 is 2.63 bits per heavy atom. The Morgan fingerprint density at radius 1 is 1.07 bits per heavy atom. The molecule has 0 N–H and O–H groups in total. The van der Waals surface area contributed by atoms with Crippen LogP contribution in [0.1, 0.15) is 37.0 Å². The van der Waals surface area contributed by atoms with Gasteiger partial charge in [-0.1, -0.05) is 93.3 Å². The first kappa shape index (κ1) is 18.2. The zero-order chi connectivity index (χ0) is 19.0. The van der Waals surface area contributed by atoms with Gasteiger partial charge in [-0.05, 0) is 74.1 Å².